The first-order valence-electron chi connectivity index (χ1n) is 8.17. The number of halogens is 3. The maximum absolute atomic E-state index is 12.8. The van der Waals surface area contributed by atoms with E-state index in [1.54, 1.807) is 12.1 Å². The number of anilines is 2. The van der Waals surface area contributed by atoms with Crippen LogP contribution in [0.4, 0.5) is 23.9 Å². The lowest BCUT2D eigenvalue weighted by atomic mass is 9.95. The molecule has 2 N–H and O–H groups in total. The van der Waals surface area contributed by atoms with Gasteiger partial charge >= 0.3 is 12.1 Å². The Labute approximate surface area is 152 Å². The van der Waals surface area contributed by atoms with Gasteiger partial charge in [0.2, 0.25) is 0 Å². The van der Waals surface area contributed by atoms with Crippen molar-refractivity contribution in [3.63, 3.8) is 0 Å². The summed E-state index contributed by atoms with van der Waals surface area (Å²) in [6.45, 7) is 1.82. The molecule has 0 unspecified atom stereocenters. The molecule has 1 aliphatic rings. The second kappa shape index (κ2) is 7.11. The van der Waals surface area contributed by atoms with Crippen LogP contribution >= 0.6 is 11.3 Å². The third-order valence-electron chi connectivity index (χ3n) is 4.28. The van der Waals surface area contributed by atoms with Crippen molar-refractivity contribution in [2.75, 3.05) is 10.6 Å². The molecule has 0 bridgehead atoms. The van der Waals surface area contributed by atoms with Gasteiger partial charge in [-0.05, 0) is 49.8 Å². The SMILES string of the molecule is Cc1ccccc1NC(=O)c1c(NC(=O)C(F)(F)F)sc2c1CCCC2. The van der Waals surface area contributed by atoms with Crippen molar-refractivity contribution in [2.45, 2.75) is 38.8 Å². The molecule has 4 nitrogen and oxygen atoms in total. The van der Waals surface area contributed by atoms with E-state index in [1.165, 1.54) is 0 Å². The van der Waals surface area contributed by atoms with Crippen LogP contribution in [-0.2, 0) is 17.6 Å². The molecule has 3 rings (SSSR count). The lowest BCUT2D eigenvalue weighted by Crippen LogP contribution is -2.30. The van der Waals surface area contributed by atoms with Gasteiger partial charge in [0.15, 0.2) is 0 Å². The monoisotopic (exact) mass is 382 g/mol. The topological polar surface area (TPSA) is 58.2 Å². The molecule has 8 heteroatoms. The molecule has 0 spiro atoms. The number of aryl methyl sites for hydroxylation is 2. The minimum absolute atomic E-state index is 0.0368. The standard InChI is InChI=1S/C18H17F3N2O2S/c1-10-6-2-4-8-12(10)22-15(24)14-11-7-3-5-9-13(11)26-16(14)23-17(25)18(19,20)21/h2,4,6,8H,3,5,7,9H2,1H3,(H,22,24)(H,23,25). The van der Waals surface area contributed by atoms with Gasteiger partial charge in [-0.3, -0.25) is 9.59 Å². The van der Waals surface area contributed by atoms with Crippen molar-refractivity contribution < 1.29 is 22.8 Å². The number of fused-ring (bicyclic) bond motifs is 1. The van der Waals surface area contributed by atoms with Gasteiger partial charge in [0.25, 0.3) is 5.91 Å². The number of rotatable bonds is 3. The number of hydrogen-bond acceptors (Lipinski definition) is 3. The molecule has 1 aliphatic carbocycles. The molecule has 0 fully saturated rings. The molecule has 26 heavy (non-hydrogen) atoms. The van der Waals surface area contributed by atoms with Crippen molar-refractivity contribution in [3.8, 4) is 0 Å². The Balaban J connectivity index is 1.96. The van der Waals surface area contributed by atoms with Crippen LogP contribution in [0, 0.1) is 6.92 Å². The molecule has 138 valence electrons. The van der Waals surface area contributed by atoms with Crippen molar-refractivity contribution in [1.82, 2.24) is 0 Å². The lowest BCUT2D eigenvalue weighted by Gasteiger charge is -2.14. The maximum atomic E-state index is 12.8. The number of thiophene rings is 1. The molecule has 2 amide bonds. The minimum atomic E-state index is -5.01. The third kappa shape index (κ3) is 3.75. The van der Waals surface area contributed by atoms with E-state index < -0.39 is 18.0 Å². The van der Waals surface area contributed by atoms with Crippen LogP contribution in [0.3, 0.4) is 0 Å². The quantitative estimate of drug-likeness (QED) is 0.809. The molecular formula is C18H17F3N2O2S. The molecule has 0 atom stereocenters. The number of carbonyl (C=O) groups is 2. The van der Waals surface area contributed by atoms with E-state index in [0.717, 1.165) is 40.2 Å². The summed E-state index contributed by atoms with van der Waals surface area (Å²) in [4.78, 5) is 25.1. The highest BCUT2D eigenvalue weighted by atomic mass is 32.1. The first kappa shape index (κ1) is 18.4. The van der Waals surface area contributed by atoms with E-state index in [-0.39, 0.29) is 10.6 Å². The predicted molar refractivity (Wildman–Crippen MR) is 94.8 cm³/mol. The summed E-state index contributed by atoms with van der Waals surface area (Å²) in [5, 5.41) is 4.60. The Bertz CT molecular complexity index is 859. The van der Waals surface area contributed by atoms with Crippen LogP contribution in [0.5, 0.6) is 0 Å². The van der Waals surface area contributed by atoms with Crippen molar-refractivity contribution >= 4 is 33.8 Å². The number of carbonyl (C=O) groups excluding carboxylic acids is 2. The lowest BCUT2D eigenvalue weighted by molar-refractivity contribution is -0.167. The molecule has 1 aromatic heterocycles. The van der Waals surface area contributed by atoms with Gasteiger partial charge in [-0.25, -0.2) is 0 Å². The smallest absolute Gasteiger partial charge is 0.322 e. The Hall–Kier alpha value is -2.35. The normalized spacial score (nSPS) is 13.8. The molecular weight excluding hydrogens is 365 g/mol. The summed E-state index contributed by atoms with van der Waals surface area (Å²) >= 11 is 1.06. The highest BCUT2D eigenvalue weighted by molar-refractivity contribution is 7.17. The van der Waals surface area contributed by atoms with Crippen LogP contribution in [-0.4, -0.2) is 18.0 Å². The number of hydrogen-bond donors (Lipinski definition) is 2. The summed E-state index contributed by atoms with van der Waals surface area (Å²) in [7, 11) is 0. The molecule has 0 saturated carbocycles. The summed E-state index contributed by atoms with van der Waals surface area (Å²) < 4.78 is 37.9. The Kier molecular flexibility index (Phi) is 5.04. The predicted octanol–water partition coefficient (Wildman–Crippen LogP) is 4.69. The molecule has 2 aromatic rings. The number of nitrogens with one attached hydrogen (secondary N) is 2. The largest absolute Gasteiger partial charge is 0.471 e. The number of amides is 2. The van der Waals surface area contributed by atoms with Gasteiger partial charge in [0.1, 0.15) is 5.00 Å². The first-order valence-corrected chi connectivity index (χ1v) is 8.98. The van der Waals surface area contributed by atoms with Crippen LogP contribution in [0.2, 0.25) is 0 Å². The zero-order valence-corrected chi connectivity index (χ0v) is 14.8. The first-order chi connectivity index (χ1) is 12.3. The average molecular weight is 382 g/mol. The molecule has 0 radical (unpaired) electrons. The maximum Gasteiger partial charge on any atom is 0.471 e. The summed E-state index contributed by atoms with van der Waals surface area (Å²) in [6.07, 6.45) is -1.91. The average Bonchev–Trinajstić information content (AvgIpc) is 2.94. The fraction of sp³-hybridized carbons (Fsp3) is 0.333. The number of alkyl halides is 3. The highest BCUT2D eigenvalue weighted by Crippen LogP contribution is 2.39. The Morgan fingerprint density at radius 3 is 2.46 bits per heavy atom. The minimum Gasteiger partial charge on any atom is -0.322 e. The summed E-state index contributed by atoms with van der Waals surface area (Å²) in [5.41, 5.74) is 2.31. The van der Waals surface area contributed by atoms with E-state index in [1.807, 2.05) is 24.4 Å². The van der Waals surface area contributed by atoms with Crippen LogP contribution < -0.4 is 10.6 Å². The number of para-hydroxylation sites is 1. The van der Waals surface area contributed by atoms with Crippen molar-refractivity contribution in [3.05, 3.63) is 45.8 Å². The van der Waals surface area contributed by atoms with E-state index in [9.17, 15) is 22.8 Å². The molecule has 0 aliphatic heterocycles. The van der Waals surface area contributed by atoms with Crippen LogP contribution in [0.25, 0.3) is 0 Å². The Morgan fingerprint density at radius 1 is 1.08 bits per heavy atom. The zero-order valence-electron chi connectivity index (χ0n) is 14.0. The van der Waals surface area contributed by atoms with Crippen LogP contribution in [0.15, 0.2) is 24.3 Å². The van der Waals surface area contributed by atoms with Crippen molar-refractivity contribution in [1.29, 1.82) is 0 Å². The second-order valence-electron chi connectivity index (χ2n) is 6.14. The van der Waals surface area contributed by atoms with Gasteiger partial charge < -0.3 is 10.6 Å². The van der Waals surface area contributed by atoms with E-state index in [4.69, 9.17) is 0 Å². The molecule has 1 heterocycles. The van der Waals surface area contributed by atoms with Gasteiger partial charge in [0, 0.05) is 10.6 Å². The number of benzene rings is 1. The fourth-order valence-electron chi connectivity index (χ4n) is 2.97. The van der Waals surface area contributed by atoms with Gasteiger partial charge in [-0.1, -0.05) is 18.2 Å². The fourth-order valence-corrected chi connectivity index (χ4v) is 4.25. The van der Waals surface area contributed by atoms with Crippen molar-refractivity contribution in [2.24, 2.45) is 0 Å². The van der Waals surface area contributed by atoms with E-state index in [0.29, 0.717) is 18.5 Å². The highest BCUT2D eigenvalue weighted by Gasteiger charge is 2.40. The Morgan fingerprint density at radius 2 is 1.77 bits per heavy atom. The summed E-state index contributed by atoms with van der Waals surface area (Å²) in [6, 6.07) is 7.13. The molecule has 1 aromatic carbocycles. The third-order valence-corrected chi connectivity index (χ3v) is 5.48. The van der Waals surface area contributed by atoms with E-state index >= 15 is 0 Å². The van der Waals surface area contributed by atoms with Crippen LogP contribution in [0.1, 0.15) is 39.2 Å². The zero-order chi connectivity index (χ0) is 18.9. The van der Waals surface area contributed by atoms with Gasteiger partial charge in [-0.15, -0.1) is 11.3 Å². The van der Waals surface area contributed by atoms with E-state index in [2.05, 4.69) is 5.32 Å². The molecule has 0 saturated heterocycles. The summed E-state index contributed by atoms with van der Waals surface area (Å²) in [5.74, 6) is -2.57. The second-order valence-corrected chi connectivity index (χ2v) is 7.24. The van der Waals surface area contributed by atoms with Gasteiger partial charge in [-0.2, -0.15) is 13.2 Å². The van der Waals surface area contributed by atoms with Gasteiger partial charge in [0.05, 0.1) is 5.56 Å².